The molecule has 184 valence electrons. The van der Waals surface area contributed by atoms with Crippen molar-refractivity contribution < 1.29 is 14.6 Å². The third kappa shape index (κ3) is 4.47. The van der Waals surface area contributed by atoms with Crippen molar-refractivity contribution in [2.75, 3.05) is 27.3 Å². The van der Waals surface area contributed by atoms with Crippen molar-refractivity contribution in [1.29, 1.82) is 0 Å². The van der Waals surface area contributed by atoms with E-state index in [1.165, 1.54) is 0 Å². The van der Waals surface area contributed by atoms with Gasteiger partial charge in [0.25, 0.3) is 0 Å². The maximum absolute atomic E-state index is 9.66. The molecule has 0 aliphatic carbocycles. The predicted octanol–water partition coefficient (Wildman–Crippen LogP) is 2.68. The second kappa shape index (κ2) is 9.65. The molecule has 0 fully saturated rings. The molecule has 0 unspecified atom stereocenters. The quantitative estimate of drug-likeness (QED) is 0.465. The first-order valence-electron chi connectivity index (χ1n) is 11.7. The van der Waals surface area contributed by atoms with E-state index in [4.69, 9.17) is 14.6 Å². The molecule has 0 radical (unpaired) electrons. The molecule has 1 atom stereocenters. The van der Waals surface area contributed by atoms with Crippen LogP contribution in [0.2, 0.25) is 0 Å². The van der Waals surface area contributed by atoms with Gasteiger partial charge in [-0.3, -0.25) is 14.7 Å². The summed E-state index contributed by atoms with van der Waals surface area (Å²) in [5.41, 5.74) is 6.57. The summed E-state index contributed by atoms with van der Waals surface area (Å²) in [7, 11) is 5.61. The summed E-state index contributed by atoms with van der Waals surface area (Å²) >= 11 is 0. The van der Waals surface area contributed by atoms with E-state index in [-0.39, 0.29) is 12.7 Å². The molecule has 1 aliphatic heterocycles. The van der Waals surface area contributed by atoms with Gasteiger partial charge in [0, 0.05) is 38.2 Å². The van der Waals surface area contributed by atoms with Crippen molar-refractivity contribution >= 4 is 23.1 Å². The first-order valence-corrected chi connectivity index (χ1v) is 11.7. The van der Waals surface area contributed by atoms with E-state index in [1.807, 2.05) is 36.1 Å². The number of aromatic nitrogens is 6. The Morgan fingerprint density at radius 3 is 2.91 bits per heavy atom. The molecule has 4 aromatic rings. The molecule has 35 heavy (non-hydrogen) atoms. The molecule has 1 aliphatic rings. The van der Waals surface area contributed by atoms with Gasteiger partial charge in [-0.25, -0.2) is 4.68 Å². The van der Waals surface area contributed by atoms with Crippen LogP contribution in [0.4, 0.5) is 0 Å². The van der Waals surface area contributed by atoms with Crippen LogP contribution in [0.25, 0.3) is 34.2 Å². The zero-order valence-corrected chi connectivity index (χ0v) is 20.5. The second-order valence-electron chi connectivity index (χ2n) is 9.00. The molecule has 1 aromatic carbocycles. The Balaban J connectivity index is 1.69. The molecule has 10 heteroatoms. The van der Waals surface area contributed by atoms with Gasteiger partial charge < -0.3 is 14.6 Å². The number of aromatic amines is 1. The van der Waals surface area contributed by atoms with E-state index in [1.54, 1.807) is 11.8 Å². The van der Waals surface area contributed by atoms with Crippen LogP contribution >= 0.6 is 0 Å². The Morgan fingerprint density at radius 2 is 2.11 bits per heavy atom. The van der Waals surface area contributed by atoms with Crippen LogP contribution in [0, 0.1) is 0 Å². The van der Waals surface area contributed by atoms with Crippen molar-refractivity contribution in [3.8, 4) is 17.0 Å². The summed E-state index contributed by atoms with van der Waals surface area (Å²) in [5.74, 6) is 0.731. The fraction of sp³-hybridized carbons (Fsp3) is 0.400. The van der Waals surface area contributed by atoms with Crippen molar-refractivity contribution in [2.24, 2.45) is 7.05 Å². The molecule has 5 rings (SSSR count). The topological polar surface area (TPSA) is 106 Å². The molecular weight excluding hydrogens is 446 g/mol. The normalized spacial score (nSPS) is 17.6. The van der Waals surface area contributed by atoms with E-state index < -0.39 is 0 Å². The zero-order valence-electron chi connectivity index (χ0n) is 20.5. The molecule has 10 nitrogen and oxygen atoms in total. The third-order valence-corrected chi connectivity index (χ3v) is 6.26. The lowest BCUT2D eigenvalue weighted by Gasteiger charge is -2.23. The lowest BCUT2D eigenvalue weighted by atomic mass is 10.0. The van der Waals surface area contributed by atoms with Gasteiger partial charge in [-0.2, -0.15) is 15.3 Å². The molecule has 0 amide bonds. The lowest BCUT2D eigenvalue weighted by molar-refractivity contribution is 0.146. The number of rotatable bonds is 4. The average molecular weight is 478 g/mol. The highest BCUT2D eigenvalue weighted by Crippen LogP contribution is 2.33. The minimum absolute atomic E-state index is 0.00468. The summed E-state index contributed by atoms with van der Waals surface area (Å²) < 4.78 is 15.5. The average Bonchev–Trinajstić information content (AvgIpc) is 3.49. The Hall–Kier alpha value is -3.47. The van der Waals surface area contributed by atoms with Gasteiger partial charge in [0.15, 0.2) is 0 Å². The van der Waals surface area contributed by atoms with Gasteiger partial charge in [-0.15, -0.1) is 0 Å². The minimum Gasteiger partial charge on any atom is -0.473 e. The molecule has 0 saturated heterocycles. The lowest BCUT2D eigenvalue weighted by Crippen LogP contribution is -2.32. The van der Waals surface area contributed by atoms with Gasteiger partial charge in [0.05, 0.1) is 54.1 Å². The molecule has 0 spiro atoms. The number of aliphatic hydroxyl groups is 1. The highest BCUT2D eigenvalue weighted by molar-refractivity contribution is 5.93. The van der Waals surface area contributed by atoms with Crippen molar-refractivity contribution in [1.82, 2.24) is 34.7 Å². The van der Waals surface area contributed by atoms with Crippen LogP contribution in [0.3, 0.4) is 0 Å². The van der Waals surface area contributed by atoms with Gasteiger partial charge in [0.2, 0.25) is 5.88 Å². The van der Waals surface area contributed by atoms with Crippen molar-refractivity contribution in [3.63, 3.8) is 0 Å². The van der Waals surface area contributed by atoms with Crippen LogP contribution in [-0.4, -0.2) is 73.2 Å². The van der Waals surface area contributed by atoms with Gasteiger partial charge in [-0.1, -0.05) is 6.07 Å². The van der Waals surface area contributed by atoms with E-state index in [2.05, 4.69) is 46.3 Å². The Morgan fingerprint density at radius 1 is 1.26 bits per heavy atom. The smallest absolute Gasteiger partial charge is 0.219 e. The molecule has 2 N–H and O–H groups in total. The van der Waals surface area contributed by atoms with Gasteiger partial charge >= 0.3 is 0 Å². The van der Waals surface area contributed by atoms with Crippen LogP contribution in [0.1, 0.15) is 29.6 Å². The van der Waals surface area contributed by atoms with Crippen LogP contribution < -0.4 is 4.74 Å². The summed E-state index contributed by atoms with van der Waals surface area (Å²) in [6, 6.07) is 6.17. The number of aliphatic hydroxyl groups excluding tert-OH is 1. The number of methoxy groups -OCH3 is 1. The largest absolute Gasteiger partial charge is 0.473 e. The Kier molecular flexibility index (Phi) is 6.42. The summed E-state index contributed by atoms with van der Waals surface area (Å²) in [6.45, 7) is 4.18. The Bertz CT molecular complexity index is 1370. The number of likely N-dealkylation sites (N-methyl/N-ethyl adjacent to an activating group) is 1. The summed E-state index contributed by atoms with van der Waals surface area (Å²) in [4.78, 5) is 2.20. The highest BCUT2D eigenvalue weighted by atomic mass is 16.5. The SMILES string of the molecule is COCc1nn(CCO)c2c1/C=C/c1[nH]nc3ccc(cc13)-c1cnn(C)c1O[C@@H](C)CN(C)C2. The number of benzene rings is 1. The molecule has 2 bridgehead atoms. The van der Waals surface area contributed by atoms with E-state index in [0.717, 1.165) is 50.6 Å². The monoisotopic (exact) mass is 477 g/mol. The molecule has 4 heterocycles. The zero-order chi connectivity index (χ0) is 24.5. The second-order valence-corrected chi connectivity index (χ2v) is 9.00. The summed E-state index contributed by atoms with van der Waals surface area (Å²) in [6.07, 6.45) is 5.86. The van der Waals surface area contributed by atoms with E-state index >= 15 is 0 Å². The van der Waals surface area contributed by atoms with Crippen LogP contribution in [-0.2, 0) is 31.5 Å². The molecule has 3 aromatic heterocycles. The maximum Gasteiger partial charge on any atom is 0.219 e. The number of nitrogens with zero attached hydrogens (tertiary/aromatic N) is 6. The highest BCUT2D eigenvalue weighted by Gasteiger charge is 2.21. The Labute approximate surface area is 203 Å². The first kappa shape index (κ1) is 23.3. The van der Waals surface area contributed by atoms with Gasteiger partial charge in [-0.05, 0) is 43.8 Å². The fourth-order valence-corrected chi connectivity index (χ4v) is 4.69. The van der Waals surface area contributed by atoms with E-state index in [9.17, 15) is 5.11 Å². The number of hydrogen-bond donors (Lipinski definition) is 2. The van der Waals surface area contributed by atoms with Gasteiger partial charge in [0.1, 0.15) is 6.10 Å². The number of hydrogen-bond acceptors (Lipinski definition) is 7. The van der Waals surface area contributed by atoms with Crippen LogP contribution in [0.5, 0.6) is 5.88 Å². The fourth-order valence-electron chi connectivity index (χ4n) is 4.69. The third-order valence-electron chi connectivity index (χ3n) is 6.26. The minimum atomic E-state index is -0.0841. The van der Waals surface area contributed by atoms with Crippen molar-refractivity contribution in [2.45, 2.75) is 32.7 Å². The number of fused-ring (bicyclic) bond motifs is 4. The van der Waals surface area contributed by atoms with Crippen LogP contribution in [0.15, 0.2) is 24.4 Å². The molecular formula is C25H31N7O3. The standard InChI is InChI=1S/C25H31N7O3/c1-16-13-30(2)14-24-18(23(15-34-4)29-32(24)9-10-33)6-8-22-19-11-17(5-7-21(19)27-28-22)20-12-26-31(3)25(20)35-16/h5-8,11-12,16,33H,9-10,13-15H2,1-4H3,(H,27,28)/b8-6+/t16-/m0/s1. The number of ether oxygens (including phenoxy) is 2. The maximum atomic E-state index is 9.66. The number of H-pyrrole nitrogens is 1. The van der Waals surface area contributed by atoms with Crippen molar-refractivity contribution in [3.05, 3.63) is 47.0 Å². The van der Waals surface area contributed by atoms with E-state index in [0.29, 0.717) is 26.2 Å². The number of nitrogens with one attached hydrogen (secondary N) is 1. The summed E-state index contributed by atoms with van der Waals surface area (Å²) in [5, 5.41) is 27.5. The number of aryl methyl sites for hydroxylation is 1. The first-order chi connectivity index (χ1) is 17.0. The molecule has 0 saturated carbocycles. The predicted molar refractivity (Wildman–Crippen MR) is 134 cm³/mol.